The Hall–Kier alpha value is -1.61. The molecule has 0 fully saturated rings. The summed E-state index contributed by atoms with van der Waals surface area (Å²) >= 11 is 3.41. The van der Waals surface area contributed by atoms with E-state index < -0.39 is 0 Å². The molecule has 3 heteroatoms. The number of hydrogen-bond acceptors (Lipinski definition) is 1. The van der Waals surface area contributed by atoms with Crippen molar-refractivity contribution in [2.45, 2.75) is 13.1 Å². The lowest BCUT2D eigenvalue weighted by atomic mass is 10.1. The number of fused-ring (bicyclic) bond motifs is 1. The molecule has 0 spiro atoms. The minimum absolute atomic E-state index is 0.121. The molecule has 0 atom stereocenters. The molecular formula is C15H12BrNO. The first-order valence-electron chi connectivity index (χ1n) is 5.85. The van der Waals surface area contributed by atoms with Crippen molar-refractivity contribution >= 4 is 21.8 Å². The van der Waals surface area contributed by atoms with Gasteiger partial charge in [-0.2, -0.15) is 0 Å². The highest BCUT2D eigenvalue weighted by Gasteiger charge is 2.27. The predicted octanol–water partition coefficient (Wildman–Crippen LogP) is 3.61. The lowest BCUT2D eigenvalue weighted by Crippen LogP contribution is -2.23. The van der Waals surface area contributed by atoms with Gasteiger partial charge in [-0.1, -0.05) is 52.3 Å². The fraction of sp³-hybridized carbons (Fsp3) is 0.133. The number of nitrogens with zero attached hydrogens (tertiary/aromatic N) is 1. The van der Waals surface area contributed by atoms with Crippen LogP contribution in [0.3, 0.4) is 0 Å². The maximum Gasteiger partial charge on any atom is 0.254 e. The fourth-order valence-corrected chi connectivity index (χ4v) is 2.63. The number of benzene rings is 2. The SMILES string of the molecule is O=C1c2cc(Br)ccc2CN1Cc1ccccc1. The third-order valence-corrected chi connectivity index (χ3v) is 3.66. The zero-order chi connectivity index (χ0) is 12.5. The third-order valence-electron chi connectivity index (χ3n) is 3.17. The third kappa shape index (κ3) is 2.06. The molecule has 2 nitrogen and oxygen atoms in total. The maximum absolute atomic E-state index is 12.3. The zero-order valence-electron chi connectivity index (χ0n) is 9.77. The van der Waals surface area contributed by atoms with Crippen LogP contribution in [0.4, 0.5) is 0 Å². The molecule has 18 heavy (non-hydrogen) atoms. The Morgan fingerprint density at radius 2 is 1.89 bits per heavy atom. The van der Waals surface area contributed by atoms with Gasteiger partial charge in [-0.05, 0) is 23.3 Å². The minimum Gasteiger partial charge on any atom is -0.330 e. The van der Waals surface area contributed by atoms with E-state index in [9.17, 15) is 4.79 Å². The van der Waals surface area contributed by atoms with Gasteiger partial charge < -0.3 is 4.90 Å². The Morgan fingerprint density at radius 3 is 2.67 bits per heavy atom. The molecule has 0 bridgehead atoms. The molecule has 0 aromatic heterocycles. The van der Waals surface area contributed by atoms with Gasteiger partial charge in [-0.15, -0.1) is 0 Å². The molecule has 2 aromatic rings. The first-order chi connectivity index (χ1) is 8.74. The van der Waals surface area contributed by atoms with Crippen LogP contribution in [-0.2, 0) is 13.1 Å². The topological polar surface area (TPSA) is 20.3 Å². The number of amides is 1. The first kappa shape index (κ1) is 11.5. The van der Waals surface area contributed by atoms with Crippen molar-refractivity contribution in [3.05, 3.63) is 69.7 Å². The molecule has 1 aliphatic rings. The monoisotopic (exact) mass is 301 g/mol. The summed E-state index contributed by atoms with van der Waals surface area (Å²) in [5.74, 6) is 0.121. The van der Waals surface area contributed by atoms with Crippen LogP contribution in [0.25, 0.3) is 0 Å². The molecule has 0 saturated carbocycles. The second-order valence-electron chi connectivity index (χ2n) is 4.45. The Bertz CT molecular complexity index is 595. The summed E-state index contributed by atoms with van der Waals surface area (Å²) in [6, 6.07) is 16.0. The van der Waals surface area contributed by atoms with E-state index in [1.54, 1.807) is 0 Å². The van der Waals surface area contributed by atoms with Crippen LogP contribution in [0.15, 0.2) is 53.0 Å². The highest BCUT2D eigenvalue weighted by Crippen LogP contribution is 2.27. The maximum atomic E-state index is 12.3. The first-order valence-corrected chi connectivity index (χ1v) is 6.65. The molecule has 0 aliphatic carbocycles. The summed E-state index contributed by atoms with van der Waals surface area (Å²) in [5.41, 5.74) is 3.09. The standard InChI is InChI=1S/C15H12BrNO/c16-13-7-6-12-10-17(15(18)14(12)8-13)9-11-4-2-1-3-5-11/h1-8H,9-10H2. The average Bonchev–Trinajstić information content (AvgIpc) is 2.68. The van der Waals surface area contributed by atoms with Crippen molar-refractivity contribution in [2.24, 2.45) is 0 Å². The van der Waals surface area contributed by atoms with E-state index in [2.05, 4.69) is 15.9 Å². The second kappa shape index (κ2) is 4.58. The Morgan fingerprint density at radius 1 is 1.11 bits per heavy atom. The molecule has 90 valence electrons. The van der Waals surface area contributed by atoms with Gasteiger partial charge in [-0.3, -0.25) is 4.79 Å². The number of halogens is 1. The van der Waals surface area contributed by atoms with E-state index in [-0.39, 0.29) is 5.91 Å². The molecule has 1 aliphatic heterocycles. The van der Waals surface area contributed by atoms with Gasteiger partial charge in [0.2, 0.25) is 0 Å². The van der Waals surface area contributed by atoms with E-state index in [0.717, 1.165) is 21.2 Å². The number of carbonyl (C=O) groups is 1. The lowest BCUT2D eigenvalue weighted by molar-refractivity contribution is 0.0766. The molecule has 1 amide bonds. The molecule has 1 heterocycles. The van der Waals surface area contributed by atoms with Crippen LogP contribution in [0.1, 0.15) is 21.5 Å². The van der Waals surface area contributed by atoms with E-state index in [1.807, 2.05) is 53.4 Å². The number of rotatable bonds is 2. The quantitative estimate of drug-likeness (QED) is 0.830. The van der Waals surface area contributed by atoms with Gasteiger partial charge in [0.1, 0.15) is 0 Å². The van der Waals surface area contributed by atoms with E-state index in [4.69, 9.17) is 0 Å². The van der Waals surface area contributed by atoms with E-state index >= 15 is 0 Å². The van der Waals surface area contributed by atoms with Crippen molar-refractivity contribution < 1.29 is 4.79 Å². The van der Waals surface area contributed by atoms with Gasteiger partial charge in [0.15, 0.2) is 0 Å². The number of carbonyl (C=O) groups excluding carboxylic acids is 1. The van der Waals surface area contributed by atoms with Gasteiger partial charge in [-0.25, -0.2) is 0 Å². The summed E-state index contributed by atoms with van der Waals surface area (Å²) in [7, 11) is 0. The van der Waals surface area contributed by atoms with Gasteiger partial charge in [0.05, 0.1) is 0 Å². The number of hydrogen-bond donors (Lipinski definition) is 0. The predicted molar refractivity (Wildman–Crippen MR) is 74.2 cm³/mol. The van der Waals surface area contributed by atoms with Crippen molar-refractivity contribution in [1.29, 1.82) is 0 Å². The molecule has 0 radical (unpaired) electrons. The van der Waals surface area contributed by atoms with Crippen molar-refractivity contribution in [3.63, 3.8) is 0 Å². The summed E-state index contributed by atoms with van der Waals surface area (Å²) < 4.78 is 0.955. The van der Waals surface area contributed by atoms with Crippen LogP contribution in [0.2, 0.25) is 0 Å². The molecule has 0 N–H and O–H groups in total. The highest BCUT2D eigenvalue weighted by atomic mass is 79.9. The van der Waals surface area contributed by atoms with Crippen LogP contribution in [0, 0.1) is 0 Å². The summed E-state index contributed by atoms with van der Waals surface area (Å²) in [5, 5.41) is 0. The summed E-state index contributed by atoms with van der Waals surface area (Å²) in [4.78, 5) is 14.1. The van der Waals surface area contributed by atoms with E-state index in [0.29, 0.717) is 13.1 Å². The Balaban J connectivity index is 1.85. The minimum atomic E-state index is 0.121. The van der Waals surface area contributed by atoms with Crippen molar-refractivity contribution in [2.75, 3.05) is 0 Å². The van der Waals surface area contributed by atoms with Crippen LogP contribution in [-0.4, -0.2) is 10.8 Å². The normalized spacial score (nSPS) is 13.8. The van der Waals surface area contributed by atoms with Crippen LogP contribution < -0.4 is 0 Å². The summed E-state index contributed by atoms with van der Waals surface area (Å²) in [6.07, 6.45) is 0. The van der Waals surface area contributed by atoms with Gasteiger partial charge in [0, 0.05) is 23.1 Å². The highest BCUT2D eigenvalue weighted by molar-refractivity contribution is 9.10. The second-order valence-corrected chi connectivity index (χ2v) is 5.36. The van der Waals surface area contributed by atoms with Crippen molar-refractivity contribution in [3.8, 4) is 0 Å². The fourth-order valence-electron chi connectivity index (χ4n) is 2.26. The molecule has 0 unspecified atom stereocenters. The molecule has 0 saturated heterocycles. The Kier molecular flexibility index (Phi) is 2.92. The average molecular weight is 302 g/mol. The molecule has 3 rings (SSSR count). The largest absolute Gasteiger partial charge is 0.330 e. The van der Waals surface area contributed by atoms with Crippen molar-refractivity contribution in [1.82, 2.24) is 4.90 Å². The van der Waals surface area contributed by atoms with Gasteiger partial charge in [0.25, 0.3) is 5.91 Å². The smallest absolute Gasteiger partial charge is 0.254 e. The Labute approximate surface area is 114 Å². The van der Waals surface area contributed by atoms with E-state index in [1.165, 1.54) is 0 Å². The summed E-state index contributed by atoms with van der Waals surface area (Å²) in [6.45, 7) is 1.38. The van der Waals surface area contributed by atoms with Crippen LogP contribution in [0.5, 0.6) is 0 Å². The zero-order valence-corrected chi connectivity index (χ0v) is 11.4. The van der Waals surface area contributed by atoms with Crippen LogP contribution >= 0.6 is 15.9 Å². The lowest BCUT2D eigenvalue weighted by Gasteiger charge is -2.15. The molecule has 2 aromatic carbocycles. The molecular weight excluding hydrogens is 290 g/mol. The van der Waals surface area contributed by atoms with Gasteiger partial charge >= 0.3 is 0 Å².